The van der Waals surface area contributed by atoms with Gasteiger partial charge in [-0.15, -0.1) is 0 Å². The highest BCUT2D eigenvalue weighted by atomic mass is 19.4. The molecule has 0 amide bonds. The fraction of sp³-hybridized carbons (Fsp3) is 0.765. The van der Waals surface area contributed by atoms with E-state index >= 15 is 0 Å². The lowest BCUT2D eigenvalue weighted by Crippen LogP contribution is -2.70. The summed E-state index contributed by atoms with van der Waals surface area (Å²) < 4.78 is 342. The molecular formula is C17H4F26. The normalized spacial score (nSPS) is 19.7. The third kappa shape index (κ3) is 4.76. The van der Waals surface area contributed by atoms with Crippen molar-refractivity contribution in [1.82, 2.24) is 0 Å². The molecular weight excluding hydrogens is 698 g/mol. The number of hydrogen-bond donors (Lipinski definition) is 0. The molecule has 0 aromatic rings. The summed E-state index contributed by atoms with van der Waals surface area (Å²) >= 11 is 0. The number of halogens is 26. The van der Waals surface area contributed by atoms with E-state index in [1.807, 2.05) is 0 Å². The second-order valence-corrected chi connectivity index (χ2v) is 8.29. The second kappa shape index (κ2) is 9.58. The van der Waals surface area contributed by atoms with Crippen LogP contribution in [0.5, 0.6) is 0 Å². The quantitative estimate of drug-likeness (QED) is 0.199. The number of hydrogen-bond acceptors (Lipinski definition) is 0. The van der Waals surface area contributed by atoms with E-state index < -0.39 is 101 Å². The summed E-state index contributed by atoms with van der Waals surface area (Å²) in [4.78, 5) is 0. The van der Waals surface area contributed by atoms with Crippen LogP contribution in [0.1, 0.15) is 0 Å². The van der Waals surface area contributed by atoms with Gasteiger partial charge in [0.05, 0.1) is 5.92 Å². The fourth-order valence-electron chi connectivity index (χ4n) is 2.89. The van der Waals surface area contributed by atoms with Gasteiger partial charge in [-0.3, -0.25) is 0 Å². The zero-order valence-electron chi connectivity index (χ0n) is 18.6. The Hall–Kier alpha value is -2.34. The first-order valence-corrected chi connectivity index (χ1v) is 9.53. The smallest absolute Gasteiger partial charge is 0.199 e. The van der Waals surface area contributed by atoms with Crippen molar-refractivity contribution in [2.75, 3.05) is 0 Å². The molecule has 1 unspecified atom stereocenters. The van der Waals surface area contributed by atoms with Gasteiger partial charge in [0.2, 0.25) is 0 Å². The van der Waals surface area contributed by atoms with E-state index in [1.54, 1.807) is 0 Å². The van der Waals surface area contributed by atoms with Crippen LogP contribution < -0.4 is 0 Å². The first-order valence-electron chi connectivity index (χ1n) is 9.53. The summed E-state index contributed by atoms with van der Waals surface area (Å²) in [5, 5.41) is 0. The standard InChI is InChI=1S/C17H4F26/c18-6(19,8(22,23)10(26,27)12(30,31)14(34,35)16(38,39)40)4-1-2-5(3-4)7(20,21)9(24,25)11(28,29)13(32,33)15(36,37)17(41,42)43/h1-4H. The minimum Gasteiger partial charge on any atom is -0.199 e. The third-order valence-corrected chi connectivity index (χ3v) is 5.51. The number of allylic oxidation sites excluding steroid dienone is 4. The summed E-state index contributed by atoms with van der Waals surface area (Å²) in [7, 11) is 0. The fourth-order valence-corrected chi connectivity index (χ4v) is 2.89. The minimum atomic E-state index is -8.57. The molecule has 0 fully saturated rings. The molecule has 0 saturated carbocycles. The molecule has 0 N–H and O–H groups in total. The van der Waals surface area contributed by atoms with Gasteiger partial charge in [0.25, 0.3) is 0 Å². The Morgan fingerprint density at radius 2 is 0.628 bits per heavy atom. The largest absolute Gasteiger partial charge is 0.460 e. The van der Waals surface area contributed by atoms with Crippen LogP contribution >= 0.6 is 0 Å². The predicted octanol–water partition coefficient (Wildman–Crippen LogP) is 9.58. The molecule has 0 spiro atoms. The van der Waals surface area contributed by atoms with Crippen molar-refractivity contribution in [3.63, 3.8) is 0 Å². The van der Waals surface area contributed by atoms with Gasteiger partial charge in [-0.1, -0.05) is 18.2 Å². The summed E-state index contributed by atoms with van der Waals surface area (Å²) in [5.74, 6) is -86.7. The van der Waals surface area contributed by atoms with Crippen molar-refractivity contribution in [2.45, 2.75) is 71.6 Å². The van der Waals surface area contributed by atoms with Crippen molar-refractivity contribution in [3.8, 4) is 0 Å². The maximum absolute atomic E-state index is 14.1. The number of alkyl halides is 26. The molecule has 0 aliphatic heterocycles. The minimum absolute atomic E-state index is 1.25. The van der Waals surface area contributed by atoms with Gasteiger partial charge in [0.1, 0.15) is 0 Å². The maximum Gasteiger partial charge on any atom is 0.460 e. The van der Waals surface area contributed by atoms with E-state index in [0.29, 0.717) is 0 Å². The Morgan fingerprint density at radius 3 is 0.930 bits per heavy atom. The summed E-state index contributed by atoms with van der Waals surface area (Å²) in [6.45, 7) is 0. The van der Waals surface area contributed by atoms with E-state index in [4.69, 9.17) is 0 Å². The maximum atomic E-state index is 14.1. The zero-order valence-corrected chi connectivity index (χ0v) is 18.6. The molecule has 0 radical (unpaired) electrons. The van der Waals surface area contributed by atoms with Gasteiger partial charge in [-0.05, 0) is 0 Å². The van der Waals surface area contributed by atoms with Crippen molar-refractivity contribution < 1.29 is 114 Å². The highest BCUT2D eigenvalue weighted by Crippen LogP contribution is 2.64. The first-order chi connectivity index (χ1) is 18.2. The van der Waals surface area contributed by atoms with Crippen LogP contribution in [0.4, 0.5) is 114 Å². The Balaban J connectivity index is 3.71. The summed E-state index contributed by atoms with van der Waals surface area (Å²) in [6, 6.07) is 0. The molecule has 1 rings (SSSR count). The average molecular weight is 702 g/mol. The first kappa shape index (κ1) is 38.7. The van der Waals surface area contributed by atoms with Crippen LogP contribution in [0, 0.1) is 5.92 Å². The van der Waals surface area contributed by atoms with Gasteiger partial charge < -0.3 is 0 Å². The van der Waals surface area contributed by atoms with E-state index in [2.05, 4.69) is 0 Å². The zero-order chi connectivity index (χ0) is 35.3. The van der Waals surface area contributed by atoms with E-state index in [-0.39, 0.29) is 0 Å². The molecule has 0 bridgehead atoms. The topological polar surface area (TPSA) is 0 Å². The van der Waals surface area contributed by atoms with Crippen LogP contribution in [0.15, 0.2) is 23.8 Å². The molecule has 0 saturated heterocycles. The molecule has 1 atom stereocenters. The second-order valence-electron chi connectivity index (χ2n) is 8.29. The van der Waals surface area contributed by atoms with Gasteiger partial charge in [-0.2, -0.15) is 114 Å². The summed E-state index contributed by atoms with van der Waals surface area (Å²) in [6.07, 6.45) is -20.1. The third-order valence-electron chi connectivity index (χ3n) is 5.51. The molecule has 43 heavy (non-hydrogen) atoms. The SMILES string of the molecule is FC(F)(F)C(F)(F)C(F)(F)C(F)(F)C(F)(F)C(F)(F)C1=CC(C(F)(F)C(F)(F)C(F)(F)C(F)(F)C(F)(F)C(F)(F)F)C=C1. The predicted molar refractivity (Wildman–Crippen MR) is 82.3 cm³/mol. The summed E-state index contributed by atoms with van der Waals surface area (Å²) in [5.41, 5.74) is -3.49. The lowest BCUT2D eigenvalue weighted by Gasteiger charge is -2.41. The number of rotatable bonds is 10. The average Bonchev–Trinajstić information content (AvgIpc) is 3.28. The molecule has 0 aromatic heterocycles. The molecule has 0 nitrogen and oxygen atoms in total. The Bertz CT molecular complexity index is 1110. The van der Waals surface area contributed by atoms with Crippen LogP contribution in [0.2, 0.25) is 0 Å². The van der Waals surface area contributed by atoms with Crippen molar-refractivity contribution >= 4 is 0 Å². The van der Waals surface area contributed by atoms with E-state index in [1.165, 1.54) is 0 Å². The van der Waals surface area contributed by atoms with Crippen LogP contribution in [-0.2, 0) is 0 Å². The van der Waals surface area contributed by atoms with Crippen LogP contribution in [0.25, 0.3) is 0 Å². The Kier molecular flexibility index (Phi) is 8.62. The van der Waals surface area contributed by atoms with Crippen LogP contribution in [-0.4, -0.2) is 71.6 Å². The van der Waals surface area contributed by atoms with Gasteiger partial charge in [0, 0.05) is 5.57 Å². The van der Waals surface area contributed by atoms with E-state index in [9.17, 15) is 114 Å². The van der Waals surface area contributed by atoms with Crippen LogP contribution in [0.3, 0.4) is 0 Å². The lowest BCUT2D eigenvalue weighted by atomic mass is 9.87. The highest BCUT2D eigenvalue weighted by molar-refractivity contribution is 5.40. The lowest BCUT2D eigenvalue weighted by molar-refractivity contribution is -0.441. The Labute approximate surface area is 216 Å². The molecule has 26 heteroatoms. The Morgan fingerprint density at radius 1 is 0.349 bits per heavy atom. The molecule has 0 heterocycles. The van der Waals surface area contributed by atoms with Gasteiger partial charge in [0.15, 0.2) is 0 Å². The van der Waals surface area contributed by atoms with E-state index in [0.717, 1.165) is 0 Å². The molecule has 1 aliphatic carbocycles. The molecule has 0 aromatic carbocycles. The molecule has 1 aliphatic rings. The van der Waals surface area contributed by atoms with Crippen molar-refractivity contribution in [2.24, 2.45) is 5.92 Å². The monoisotopic (exact) mass is 702 g/mol. The van der Waals surface area contributed by atoms with Crippen molar-refractivity contribution in [1.29, 1.82) is 0 Å². The highest BCUT2D eigenvalue weighted by Gasteiger charge is 2.92. The van der Waals surface area contributed by atoms with Gasteiger partial charge >= 0.3 is 71.6 Å². The molecule has 254 valence electrons. The van der Waals surface area contributed by atoms with Crippen molar-refractivity contribution in [3.05, 3.63) is 23.8 Å². The van der Waals surface area contributed by atoms with Gasteiger partial charge in [-0.25, -0.2) is 0 Å².